The first-order valence-electron chi connectivity index (χ1n) is 26.9. The molecule has 5 heterocycles. The van der Waals surface area contributed by atoms with Crippen molar-refractivity contribution in [1.29, 1.82) is 5.26 Å². The molecule has 392 valence electrons. The van der Waals surface area contributed by atoms with Gasteiger partial charge in [0.1, 0.15) is 17.3 Å². The lowest BCUT2D eigenvalue weighted by Gasteiger charge is -2.41. The molecule has 4 saturated heterocycles. The van der Waals surface area contributed by atoms with Gasteiger partial charge < -0.3 is 24.9 Å². The molecule has 0 radical (unpaired) electrons. The second-order valence-electron chi connectivity index (χ2n) is 21.9. The molecule has 0 spiro atoms. The highest BCUT2D eigenvalue weighted by molar-refractivity contribution is 5.98. The lowest BCUT2D eigenvalue weighted by atomic mass is 9.83. The fourth-order valence-electron chi connectivity index (χ4n) is 11.9. The maximum Gasteiger partial charge on any atom is 0.272 e. The molecular weight excluding hydrogens is 940 g/mol. The molecule has 1 saturated carbocycles. The van der Waals surface area contributed by atoms with Crippen molar-refractivity contribution in [2.75, 3.05) is 91.6 Å². The largest absolute Gasteiger partial charge is 0.341 e. The van der Waals surface area contributed by atoms with Crippen LogP contribution in [0.4, 0.5) is 4.39 Å². The van der Waals surface area contributed by atoms with Crippen molar-refractivity contribution in [3.05, 3.63) is 111 Å². The number of halogens is 1. The molecule has 9 rings (SSSR count). The van der Waals surface area contributed by atoms with E-state index in [1.54, 1.807) is 58.9 Å². The highest BCUT2D eigenvalue weighted by atomic mass is 19.1. The summed E-state index contributed by atoms with van der Waals surface area (Å²) in [6.07, 6.45) is 8.98. The lowest BCUT2D eigenvalue weighted by molar-refractivity contribution is -0.139. The zero-order valence-corrected chi connectivity index (χ0v) is 43.0. The number of H-pyrrole nitrogens is 1. The van der Waals surface area contributed by atoms with Crippen LogP contribution in [0.15, 0.2) is 71.5 Å². The molecule has 1 unspecified atom stereocenters. The number of hydrogen-bond donors (Lipinski definition) is 2. The summed E-state index contributed by atoms with van der Waals surface area (Å²) in [6, 6.07) is 20.8. The quantitative estimate of drug-likeness (QED) is 0.175. The molecule has 5 aliphatic rings. The number of carbonyl (C=O) groups excluding carboxylic acids is 5. The SMILES string of the molecule is CC(C)(C#N)C(=O)N1CCCC(c2cccc(C(=O)N[C@@H](C(=O)N3CCN(CC4CCN(CC(=O)N5CCN(C(=O)c6cc(Cc7n[nH]c(=O)c8ccccc78)ccc6F)CC5)CC4)CC3)C3CCCCC3)c2)C1. The normalized spacial score (nSPS) is 20.3. The van der Waals surface area contributed by atoms with Crippen LogP contribution in [0.25, 0.3) is 10.8 Å². The number of aromatic amines is 1. The number of rotatable bonds is 13. The Kier molecular flexibility index (Phi) is 16.5. The van der Waals surface area contributed by atoms with E-state index in [2.05, 4.69) is 31.4 Å². The third kappa shape index (κ3) is 12.2. The number of piperidine rings is 2. The van der Waals surface area contributed by atoms with E-state index in [4.69, 9.17) is 0 Å². The zero-order valence-electron chi connectivity index (χ0n) is 43.0. The van der Waals surface area contributed by atoms with Gasteiger partial charge in [-0.25, -0.2) is 9.49 Å². The topological polar surface area (TPSA) is 186 Å². The second kappa shape index (κ2) is 23.4. The van der Waals surface area contributed by atoms with E-state index in [1.807, 2.05) is 35.2 Å². The summed E-state index contributed by atoms with van der Waals surface area (Å²) in [7, 11) is 0. The predicted molar refractivity (Wildman–Crippen MR) is 278 cm³/mol. The highest BCUT2D eigenvalue weighted by Crippen LogP contribution is 2.32. The van der Waals surface area contributed by atoms with E-state index < -0.39 is 23.2 Å². The number of amides is 5. The summed E-state index contributed by atoms with van der Waals surface area (Å²) in [6.45, 7) is 11.4. The minimum Gasteiger partial charge on any atom is -0.341 e. The first kappa shape index (κ1) is 52.4. The first-order valence-corrected chi connectivity index (χ1v) is 26.9. The van der Waals surface area contributed by atoms with Gasteiger partial charge in [0.05, 0.1) is 29.3 Å². The van der Waals surface area contributed by atoms with Gasteiger partial charge in [0.25, 0.3) is 17.4 Å². The first-order chi connectivity index (χ1) is 35.7. The van der Waals surface area contributed by atoms with Crippen molar-refractivity contribution in [1.82, 2.24) is 44.9 Å². The Labute approximate surface area is 433 Å². The van der Waals surface area contributed by atoms with Crippen molar-refractivity contribution < 1.29 is 28.4 Å². The van der Waals surface area contributed by atoms with Gasteiger partial charge >= 0.3 is 0 Å². The average Bonchev–Trinajstić information content (AvgIpc) is 3.44. The minimum atomic E-state index is -1.09. The van der Waals surface area contributed by atoms with E-state index in [-0.39, 0.29) is 46.6 Å². The Morgan fingerprint density at radius 1 is 0.757 bits per heavy atom. The maximum absolute atomic E-state index is 15.1. The molecule has 5 amide bonds. The molecule has 3 aromatic carbocycles. The van der Waals surface area contributed by atoms with Gasteiger partial charge in [-0.05, 0) is 119 Å². The van der Waals surface area contributed by atoms with E-state index in [1.165, 1.54) is 6.07 Å². The number of nitrogens with one attached hydrogen (secondary N) is 2. The smallest absolute Gasteiger partial charge is 0.272 e. The fourth-order valence-corrected chi connectivity index (χ4v) is 11.9. The van der Waals surface area contributed by atoms with Gasteiger partial charge in [-0.3, -0.25) is 38.6 Å². The van der Waals surface area contributed by atoms with E-state index in [9.17, 15) is 34.0 Å². The monoisotopic (exact) mass is 1010 g/mol. The molecule has 5 fully saturated rings. The van der Waals surface area contributed by atoms with Gasteiger partial charge in [0, 0.05) is 95.3 Å². The Bertz CT molecular complexity index is 2800. The number of nitrogens with zero attached hydrogens (tertiary/aromatic N) is 8. The zero-order chi connectivity index (χ0) is 51.9. The summed E-state index contributed by atoms with van der Waals surface area (Å²) < 4.78 is 15.1. The summed E-state index contributed by atoms with van der Waals surface area (Å²) in [5, 5.41) is 20.8. The molecule has 2 atom stereocenters. The highest BCUT2D eigenvalue weighted by Gasteiger charge is 2.38. The molecule has 1 aliphatic carbocycles. The van der Waals surface area contributed by atoms with Crippen molar-refractivity contribution in [3.63, 3.8) is 0 Å². The van der Waals surface area contributed by atoms with Gasteiger partial charge in [0.15, 0.2) is 0 Å². The Morgan fingerprint density at radius 3 is 2.19 bits per heavy atom. The van der Waals surface area contributed by atoms with Crippen molar-refractivity contribution in [2.45, 2.75) is 90.0 Å². The van der Waals surface area contributed by atoms with Crippen molar-refractivity contribution in [2.24, 2.45) is 17.3 Å². The Morgan fingerprint density at radius 2 is 1.46 bits per heavy atom. The predicted octanol–water partition coefficient (Wildman–Crippen LogP) is 5.43. The fraction of sp³-hybridized carbons (Fsp3) is 0.544. The number of fused-ring (bicyclic) bond motifs is 1. The van der Waals surface area contributed by atoms with Crippen molar-refractivity contribution in [3.8, 4) is 6.07 Å². The van der Waals surface area contributed by atoms with E-state index in [0.717, 1.165) is 96.1 Å². The molecule has 2 N–H and O–H groups in total. The van der Waals surface area contributed by atoms with Gasteiger partial charge in [-0.1, -0.05) is 55.7 Å². The van der Waals surface area contributed by atoms with Gasteiger partial charge in [0.2, 0.25) is 17.7 Å². The Hall–Kier alpha value is -6.51. The van der Waals surface area contributed by atoms with Crippen molar-refractivity contribution >= 4 is 40.3 Å². The van der Waals surface area contributed by atoms with Gasteiger partial charge in [-0.2, -0.15) is 10.4 Å². The van der Waals surface area contributed by atoms with Crippen LogP contribution in [0.3, 0.4) is 0 Å². The van der Waals surface area contributed by atoms with Crippen LogP contribution >= 0.6 is 0 Å². The van der Waals surface area contributed by atoms with E-state index >= 15 is 4.39 Å². The van der Waals surface area contributed by atoms with Crippen LogP contribution in [-0.2, 0) is 20.8 Å². The molecule has 16 nitrogen and oxygen atoms in total. The average molecular weight is 1010 g/mol. The standard InChI is InChI=1S/C57H71FN10O6/c1-57(2,38-59)56(74)68-21-9-14-44(36-68)42-12-8-13-43(34-42)52(70)60-51(41-10-4-3-5-11-41)55(73)67-26-24-64(25-27-67)35-39-19-22-63(23-20-39)37-50(69)65-28-30-66(31-29-65)54(72)47-32-40(17-18-48(47)58)33-49-45-15-6-7-16-46(45)53(71)62-61-49/h6-8,12-13,15-18,32,34,39,41,44,51H,3-5,9-11,14,19-31,33,35-37H2,1-2H3,(H,60,70)(H,62,71)/t44?,51-/m1/s1. The third-order valence-electron chi connectivity index (χ3n) is 16.4. The second-order valence-corrected chi connectivity index (χ2v) is 21.9. The molecular formula is C57H71FN10O6. The van der Waals surface area contributed by atoms with Crippen LogP contribution in [0, 0.1) is 34.4 Å². The summed E-state index contributed by atoms with van der Waals surface area (Å²) in [5.74, 6) is -0.807. The molecule has 74 heavy (non-hydrogen) atoms. The number of nitriles is 1. The summed E-state index contributed by atoms with van der Waals surface area (Å²) in [4.78, 5) is 92.8. The third-order valence-corrected chi connectivity index (χ3v) is 16.4. The maximum atomic E-state index is 15.1. The number of benzene rings is 3. The van der Waals surface area contributed by atoms with Crippen LogP contribution in [0.2, 0.25) is 0 Å². The number of hydrogen-bond acceptors (Lipinski definition) is 10. The van der Waals surface area contributed by atoms with E-state index in [0.29, 0.717) is 98.8 Å². The summed E-state index contributed by atoms with van der Waals surface area (Å²) in [5.41, 5.74) is 1.40. The van der Waals surface area contributed by atoms with Crippen LogP contribution in [-0.4, -0.2) is 167 Å². The van der Waals surface area contributed by atoms with Crippen LogP contribution in [0.5, 0.6) is 0 Å². The molecule has 0 bridgehead atoms. The van der Waals surface area contributed by atoms with Crippen LogP contribution < -0.4 is 10.9 Å². The number of aromatic nitrogens is 2. The minimum absolute atomic E-state index is 0.000120. The van der Waals surface area contributed by atoms with Gasteiger partial charge in [-0.15, -0.1) is 0 Å². The molecule has 4 aromatic rings. The molecule has 1 aromatic heterocycles. The number of likely N-dealkylation sites (tertiary alicyclic amines) is 2. The Balaban J connectivity index is 0.710. The number of piperazine rings is 2. The molecule has 4 aliphatic heterocycles. The number of carbonyl (C=O) groups is 5. The summed E-state index contributed by atoms with van der Waals surface area (Å²) >= 11 is 0. The lowest BCUT2D eigenvalue weighted by Crippen LogP contribution is -2.57. The molecule has 17 heteroatoms. The van der Waals surface area contributed by atoms with Crippen LogP contribution in [0.1, 0.15) is 115 Å².